The third kappa shape index (κ3) is 2.61. The van der Waals surface area contributed by atoms with Crippen molar-refractivity contribution in [1.29, 1.82) is 0 Å². The van der Waals surface area contributed by atoms with Crippen LogP contribution in [0.5, 0.6) is 5.88 Å². The molecular weight excluding hydrogens is 354 g/mol. The molecule has 2 unspecified atom stereocenters. The summed E-state index contributed by atoms with van der Waals surface area (Å²) in [7, 11) is 3.62. The molecular formula is C21H23N5O2. The molecule has 3 aromatic rings. The number of aromatic nitrogens is 3. The van der Waals surface area contributed by atoms with Gasteiger partial charge in [0.25, 0.3) is 5.91 Å². The first-order chi connectivity index (χ1) is 13.7. The molecule has 7 heteroatoms. The van der Waals surface area contributed by atoms with E-state index in [4.69, 9.17) is 9.72 Å². The van der Waals surface area contributed by atoms with Crippen molar-refractivity contribution in [2.24, 2.45) is 18.9 Å². The zero-order chi connectivity index (χ0) is 19.3. The molecule has 2 atom stereocenters. The van der Waals surface area contributed by atoms with Gasteiger partial charge in [-0.3, -0.25) is 4.79 Å². The number of benzene rings is 1. The third-order valence-corrected chi connectivity index (χ3v) is 6.01. The number of fused-ring (bicyclic) bond motifs is 2. The largest absolute Gasteiger partial charge is 0.480 e. The van der Waals surface area contributed by atoms with Crippen LogP contribution in [-0.2, 0) is 7.05 Å². The zero-order valence-electron chi connectivity index (χ0n) is 16.1. The Hall–Kier alpha value is -3.09. The molecule has 2 aliphatic heterocycles. The second-order valence-corrected chi connectivity index (χ2v) is 7.66. The van der Waals surface area contributed by atoms with Crippen LogP contribution >= 0.6 is 0 Å². The Bertz CT molecular complexity index is 1030. The molecule has 2 aliphatic rings. The quantitative estimate of drug-likeness (QED) is 0.700. The van der Waals surface area contributed by atoms with Crippen LogP contribution in [-0.4, -0.2) is 58.6 Å². The molecule has 0 aliphatic carbocycles. The number of hydrogen-bond donors (Lipinski definition) is 0. The molecule has 0 N–H and O–H groups in total. The summed E-state index contributed by atoms with van der Waals surface area (Å²) in [5.74, 6) is 2.35. The van der Waals surface area contributed by atoms with Crippen molar-refractivity contribution in [3.05, 3.63) is 48.2 Å². The number of para-hydroxylation sites is 2. The maximum Gasteiger partial charge on any atom is 0.259 e. The molecule has 1 amide bonds. The zero-order valence-corrected chi connectivity index (χ0v) is 16.1. The van der Waals surface area contributed by atoms with Crippen LogP contribution in [0.15, 0.2) is 42.6 Å². The van der Waals surface area contributed by atoms with E-state index in [9.17, 15) is 4.79 Å². The topological polar surface area (TPSA) is 63.5 Å². The van der Waals surface area contributed by atoms with Crippen molar-refractivity contribution < 1.29 is 9.53 Å². The summed E-state index contributed by atoms with van der Waals surface area (Å²) in [6, 6.07) is 11.8. The predicted molar refractivity (Wildman–Crippen MR) is 107 cm³/mol. The Balaban J connectivity index is 1.32. The van der Waals surface area contributed by atoms with Crippen LogP contribution in [0, 0.1) is 11.8 Å². The number of likely N-dealkylation sites (tertiary alicyclic amines) is 1. The lowest BCUT2D eigenvalue weighted by Gasteiger charge is -2.23. The van der Waals surface area contributed by atoms with Crippen LogP contribution < -0.4 is 9.64 Å². The number of aryl methyl sites for hydroxylation is 1. The van der Waals surface area contributed by atoms with E-state index in [1.807, 2.05) is 17.0 Å². The molecule has 28 heavy (non-hydrogen) atoms. The number of pyridine rings is 1. The third-order valence-electron chi connectivity index (χ3n) is 6.01. The highest BCUT2D eigenvalue weighted by Gasteiger charge is 2.43. The molecule has 144 valence electrons. The summed E-state index contributed by atoms with van der Waals surface area (Å²) >= 11 is 0. The first kappa shape index (κ1) is 17.0. The normalized spacial score (nSPS) is 21.4. The van der Waals surface area contributed by atoms with Gasteiger partial charge in [0.15, 0.2) is 0 Å². The van der Waals surface area contributed by atoms with Gasteiger partial charge in [0.1, 0.15) is 5.56 Å². The highest BCUT2D eigenvalue weighted by Crippen LogP contribution is 2.35. The van der Waals surface area contributed by atoms with Gasteiger partial charge in [-0.2, -0.15) is 0 Å². The highest BCUT2D eigenvalue weighted by molar-refractivity contribution is 5.96. The van der Waals surface area contributed by atoms with E-state index >= 15 is 0 Å². The van der Waals surface area contributed by atoms with Gasteiger partial charge in [-0.05, 0) is 24.3 Å². The molecule has 4 heterocycles. The summed E-state index contributed by atoms with van der Waals surface area (Å²) in [6.07, 6.45) is 1.64. The number of nitrogens with zero attached hydrogens (tertiary/aromatic N) is 5. The van der Waals surface area contributed by atoms with Crippen molar-refractivity contribution in [2.75, 3.05) is 38.2 Å². The first-order valence-electron chi connectivity index (χ1n) is 9.60. The van der Waals surface area contributed by atoms with Gasteiger partial charge in [-0.25, -0.2) is 9.97 Å². The lowest BCUT2D eigenvalue weighted by molar-refractivity contribution is 0.0778. The standard InChI is InChI=1S/C21H23N5O2/c1-24-18-8-4-3-7-17(18)23-21(24)26-12-14-10-25(11-15(14)13-26)20(27)16-6-5-9-22-19(16)28-2/h3-9,14-15H,10-13H2,1-2H3. The minimum Gasteiger partial charge on any atom is -0.480 e. The maximum absolute atomic E-state index is 13.0. The van der Waals surface area contributed by atoms with Crippen molar-refractivity contribution in [3.8, 4) is 5.88 Å². The molecule has 0 saturated carbocycles. The maximum atomic E-state index is 13.0. The minimum absolute atomic E-state index is 0.00799. The molecule has 0 bridgehead atoms. The average molecular weight is 377 g/mol. The number of carbonyl (C=O) groups is 1. The van der Waals surface area contributed by atoms with Gasteiger partial charge in [-0.1, -0.05) is 12.1 Å². The number of rotatable bonds is 3. The van der Waals surface area contributed by atoms with E-state index in [0.29, 0.717) is 23.3 Å². The number of methoxy groups -OCH3 is 1. The smallest absolute Gasteiger partial charge is 0.259 e. The summed E-state index contributed by atoms with van der Waals surface area (Å²) in [6.45, 7) is 3.38. The number of amides is 1. The van der Waals surface area contributed by atoms with E-state index in [-0.39, 0.29) is 5.91 Å². The predicted octanol–water partition coefficient (Wildman–Crippen LogP) is 2.19. The molecule has 5 rings (SSSR count). The Kier molecular flexibility index (Phi) is 3.96. The number of carbonyl (C=O) groups excluding carboxylic acids is 1. The van der Waals surface area contributed by atoms with Crippen LogP contribution in [0.4, 0.5) is 5.95 Å². The molecule has 2 saturated heterocycles. The van der Waals surface area contributed by atoms with Gasteiger partial charge < -0.3 is 19.1 Å². The molecule has 2 aromatic heterocycles. The van der Waals surface area contributed by atoms with Gasteiger partial charge in [-0.15, -0.1) is 0 Å². The lowest BCUT2D eigenvalue weighted by Crippen LogP contribution is -2.34. The van der Waals surface area contributed by atoms with Crippen molar-refractivity contribution in [1.82, 2.24) is 19.4 Å². The average Bonchev–Trinajstić information content (AvgIpc) is 3.39. The number of hydrogen-bond acceptors (Lipinski definition) is 5. The molecule has 7 nitrogen and oxygen atoms in total. The summed E-state index contributed by atoms with van der Waals surface area (Å²) in [5.41, 5.74) is 2.71. The van der Waals surface area contributed by atoms with Gasteiger partial charge >= 0.3 is 0 Å². The van der Waals surface area contributed by atoms with Crippen LogP contribution in [0.25, 0.3) is 11.0 Å². The van der Waals surface area contributed by atoms with Gasteiger partial charge in [0, 0.05) is 51.3 Å². The van der Waals surface area contributed by atoms with E-state index in [2.05, 4.69) is 33.6 Å². The molecule has 0 spiro atoms. The Morgan fingerprint density at radius 1 is 1.07 bits per heavy atom. The van der Waals surface area contributed by atoms with Crippen molar-refractivity contribution in [2.45, 2.75) is 0 Å². The second-order valence-electron chi connectivity index (χ2n) is 7.66. The van der Waals surface area contributed by atoms with Crippen LogP contribution in [0.3, 0.4) is 0 Å². The van der Waals surface area contributed by atoms with Gasteiger partial charge in [0.05, 0.1) is 18.1 Å². The molecule has 0 radical (unpaired) electrons. The molecule has 2 fully saturated rings. The Morgan fingerprint density at radius 3 is 2.54 bits per heavy atom. The van der Waals surface area contributed by atoms with Crippen LogP contribution in [0.1, 0.15) is 10.4 Å². The Morgan fingerprint density at radius 2 is 1.82 bits per heavy atom. The number of anilines is 1. The Labute approximate surface area is 163 Å². The van der Waals surface area contributed by atoms with E-state index in [1.165, 1.54) is 0 Å². The van der Waals surface area contributed by atoms with Crippen molar-refractivity contribution in [3.63, 3.8) is 0 Å². The van der Waals surface area contributed by atoms with Gasteiger partial charge in [0.2, 0.25) is 11.8 Å². The highest BCUT2D eigenvalue weighted by atomic mass is 16.5. The number of imidazole rings is 1. The monoisotopic (exact) mass is 377 g/mol. The molecule has 1 aromatic carbocycles. The van der Waals surface area contributed by atoms with E-state index < -0.39 is 0 Å². The SMILES string of the molecule is COc1ncccc1C(=O)N1CC2CN(c3nc4ccccc4n3C)CC2C1. The van der Waals surface area contributed by atoms with Crippen molar-refractivity contribution >= 4 is 22.9 Å². The van der Waals surface area contributed by atoms with Crippen LogP contribution in [0.2, 0.25) is 0 Å². The first-order valence-corrected chi connectivity index (χ1v) is 9.60. The lowest BCUT2D eigenvalue weighted by atomic mass is 10.0. The summed E-state index contributed by atoms with van der Waals surface area (Å²) < 4.78 is 7.43. The van der Waals surface area contributed by atoms with E-state index in [1.54, 1.807) is 25.4 Å². The summed E-state index contributed by atoms with van der Waals surface area (Å²) in [5, 5.41) is 0. The fraction of sp³-hybridized carbons (Fsp3) is 0.381. The second kappa shape index (κ2) is 6.51. The van der Waals surface area contributed by atoms with E-state index in [0.717, 1.165) is 43.2 Å². The fourth-order valence-electron chi connectivity index (χ4n) is 4.62. The minimum atomic E-state index is 0.00799. The number of ether oxygens (including phenoxy) is 1. The summed E-state index contributed by atoms with van der Waals surface area (Å²) in [4.78, 5) is 26.2. The fourth-order valence-corrected chi connectivity index (χ4v) is 4.62.